The molecular formula is C25H27N5O2. The van der Waals surface area contributed by atoms with E-state index in [1.165, 1.54) is 0 Å². The molecule has 0 bridgehead atoms. The molecule has 0 aliphatic carbocycles. The van der Waals surface area contributed by atoms with Crippen molar-refractivity contribution < 1.29 is 9.53 Å². The van der Waals surface area contributed by atoms with Crippen LogP contribution < -0.4 is 10.2 Å². The lowest BCUT2D eigenvalue weighted by Crippen LogP contribution is -2.43. The maximum Gasteiger partial charge on any atom is 0.224 e. The Hall–Kier alpha value is -3.63. The molecule has 1 aliphatic rings. The number of nitrogens with zero attached hydrogens (tertiary/aromatic N) is 4. The normalized spacial score (nSPS) is 17.5. The summed E-state index contributed by atoms with van der Waals surface area (Å²) < 4.78 is 7.01. The molecule has 3 aromatic rings. The Bertz CT molecular complexity index is 1150. The second-order valence-corrected chi connectivity index (χ2v) is 8.12. The van der Waals surface area contributed by atoms with Crippen LogP contribution in [0, 0.1) is 11.3 Å². The summed E-state index contributed by atoms with van der Waals surface area (Å²) in [5, 5.41) is 17.1. The molecule has 2 atom stereocenters. The molecule has 2 aromatic carbocycles. The SMILES string of the molecule is COCCn1cc(-c2ccc3c(c2)[C@H](Nc2ccc(C#N)cc2)C[C@H](C)N3C(C)=O)cn1. The van der Waals surface area contributed by atoms with Gasteiger partial charge in [0.1, 0.15) is 0 Å². The standard InChI is InChI=1S/C25H27N5O2/c1-17-12-24(28-22-7-4-19(14-26)5-8-22)23-13-20(6-9-25(23)30(17)18(2)31)21-15-27-29(16-21)10-11-32-3/h4-9,13,15-17,24,28H,10-12H2,1-3H3/t17-,24+/m0/s1. The molecule has 1 amide bonds. The van der Waals surface area contributed by atoms with Crippen LogP contribution in [-0.2, 0) is 16.1 Å². The molecule has 7 nitrogen and oxygen atoms in total. The van der Waals surface area contributed by atoms with Crippen LogP contribution in [0.25, 0.3) is 11.1 Å². The number of fused-ring (bicyclic) bond motifs is 1. The first-order valence-corrected chi connectivity index (χ1v) is 10.7. The molecule has 164 valence electrons. The van der Waals surface area contributed by atoms with E-state index in [1.807, 2.05) is 58.4 Å². The smallest absolute Gasteiger partial charge is 0.224 e. The number of benzene rings is 2. The fraction of sp³-hybridized carbons (Fsp3) is 0.320. The van der Waals surface area contributed by atoms with Gasteiger partial charge in [-0.1, -0.05) is 6.07 Å². The van der Waals surface area contributed by atoms with E-state index in [4.69, 9.17) is 10.00 Å². The van der Waals surface area contributed by atoms with Gasteiger partial charge in [0.05, 0.1) is 37.0 Å². The van der Waals surface area contributed by atoms with Crippen LogP contribution in [0.5, 0.6) is 0 Å². The van der Waals surface area contributed by atoms with Crippen molar-refractivity contribution in [3.63, 3.8) is 0 Å². The van der Waals surface area contributed by atoms with Gasteiger partial charge in [-0.15, -0.1) is 0 Å². The van der Waals surface area contributed by atoms with E-state index in [0.29, 0.717) is 18.7 Å². The van der Waals surface area contributed by atoms with Gasteiger partial charge in [0.15, 0.2) is 0 Å². The number of aromatic nitrogens is 2. The summed E-state index contributed by atoms with van der Waals surface area (Å²) in [7, 11) is 1.68. The fourth-order valence-corrected chi connectivity index (χ4v) is 4.32. The number of carbonyl (C=O) groups is 1. The molecule has 1 N–H and O–H groups in total. The van der Waals surface area contributed by atoms with E-state index in [9.17, 15) is 4.79 Å². The predicted molar refractivity (Wildman–Crippen MR) is 124 cm³/mol. The Morgan fingerprint density at radius 2 is 2.03 bits per heavy atom. The van der Waals surface area contributed by atoms with Gasteiger partial charge in [-0.3, -0.25) is 9.48 Å². The number of anilines is 2. The molecule has 1 aliphatic heterocycles. The summed E-state index contributed by atoms with van der Waals surface area (Å²) in [6.45, 7) is 4.99. The van der Waals surface area contributed by atoms with Crippen LogP contribution in [0.1, 0.15) is 37.4 Å². The van der Waals surface area contributed by atoms with Crippen LogP contribution in [0.15, 0.2) is 54.9 Å². The summed E-state index contributed by atoms with van der Waals surface area (Å²) in [5.41, 5.74) is 5.65. The van der Waals surface area contributed by atoms with E-state index in [1.54, 1.807) is 14.0 Å². The number of carbonyl (C=O) groups excluding carboxylic acids is 1. The summed E-state index contributed by atoms with van der Waals surface area (Å²) in [5.74, 6) is 0.0377. The number of rotatable bonds is 6. The van der Waals surface area contributed by atoms with Gasteiger partial charge in [0.25, 0.3) is 0 Å². The third-order valence-electron chi connectivity index (χ3n) is 5.87. The van der Waals surface area contributed by atoms with E-state index in [2.05, 4.69) is 29.5 Å². The van der Waals surface area contributed by atoms with Crippen LogP contribution in [0.2, 0.25) is 0 Å². The average molecular weight is 430 g/mol. The van der Waals surface area contributed by atoms with Crippen LogP contribution >= 0.6 is 0 Å². The van der Waals surface area contributed by atoms with Gasteiger partial charge in [-0.25, -0.2) is 0 Å². The third kappa shape index (κ3) is 4.36. The highest BCUT2D eigenvalue weighted by Gasteiger charge is 2.32. The lowest BCUT2D eigenvalue weighted by atomic mass is 9.89. The lowest BCUT2D eigenvalue weighted by Gasteiger charge is -2.39. The van der Waals surface area contributed by atoms with Crippen LogP contribution in [-0.4, -0.2) is 35.4 Å². The number of hydrogen-bond acceptors (Lipinski definition) is 5. The zero-order valence-electron chi connectivity index (χ0n) is 18.6. The summed E-state index contributed by atoms with van der Waals surface area (Å²) >= 11 is 0. The van der Waals surface area contributed by atoms with Crippen molar-refractivity contribution >= 4 is 17.3 Å². The number of amides is 1. The minimum Gasteiger partial charge on any atom is -0.383 e. The number of methoxy groups -OCH3 is 1. The molecule has 7 heteroatoms. The van der Waals surface area contributed by atoms with E-state index < -0.39 is 0 Å². The largest absolute Gasteiger partial charge is 0.383 e. The molecule has 0 radical (unpaired) electrons. The second kappa shape index (κ2) is 9.25. The molecule has 0 spiro atoms. The minimum absolute atomic E-state index is 0.0343. The van der Waals surface area contributed by atoms with Crippen LogP contribution in [0.3, 0.4) is 0 Å². The Morgan fingerprint density at radius 3 is 2.72 bits per heavy atom. The number of nitriles is 1. The predicted octanol–water partition coefficient (Wildman–Crippen LogP) is 4.37. The zero-order valence-corrected chi connectivity index (χ0v) is 18.6. The van der Waals surface area contributed by atoms with Crippen molar-refractivity contribution in [3.8, 4) is 17.2 Å². The molecule has 2 heterocycles. The fourth-order valence-electron chi connectivity index (χ4n) is 4.32. The molecule has 32 heavy (non-hydrogen) atoms. The van der Waals surface area contributed by atoms with Crippen molar-refractivity contribution in [1.29, 1.82) is 5.26 Å². The molecule has 0 unspecified atom stereocenters. The van der Waals surface area contributed by atoms with Gasteiger partial charge < -0.3 is 15.0 Å². The van der Waals surface area contributed by atoms with Gasteiger partial charge in [0.2, 0.25) is 5.91 Å². The Labute approximate surface area is 188 Å². The zero-order chi connectivity index (χ0) is 22.7. The average Bonchev–Trinajstić information content (AvgIpc) is 3.26. The molecule has 0 saturated carbocycles. The summed E-state index contributed by atoms with van der Waals surface area (Å²) in [6, 6.07) is 15.9. The second-order valence-electron chi connectivity index (χ2n) is 8.12. The molecule has 0 saturated heterocycles. The monoisotopic (exact) mass is 429 g/mol. The first kappa shape index (κ1) is 21.6. The maximum atomic E-state index is 12.4. The van der Waals surface area contributed by atoms with E-state index in [0.717, 1.165) is 34.5 Å². The van der Waals surface area contributed by atoms with Gasteiger partial charge in [-0.05, 0) is 60.9 Å². The minimum atomic E-state index is 0.0343. The highest BCUT2D eigenvalue weighted by molar-refractivity contribution is 5.94. The Balaban J connectivity index is 1.70. The van der Waals surface area contributed by atoms with E-state index >= 15 is 0 Å². The van der Waals surface area contributed by atoms with Crippen molar-refractivity contribution in [2.75, 3.05) is 23.9 Å². The number of nitrogens with one attached hydrogen (secondary N) is 1. The van der Waals surface area contributed by atoms with Gasteiger partial charge >= 0.3 is 0 Å². The first-order valence-electron chi connectivity index (χ1n) is 10.7. The third-order valence-corrected chi connectivity index (χ3v) is 5.87. The van der Waals surface area contributed by atoms with Crippen molar-refractivity contribution in [2.24, 2.45) is 0 Å². The topological polar surface area (TPSA) is 83.2 Å². The van der Waals surface area contributed by atoms with Gasteiger partial charge in [0, 0.05) is 43.2 Å². The summed E-state index contributed by atoms with van der Waals surface area (Å²) in [6.07, 6.45) is 4.65. The van der Waals surface area contributed by atoms with Crippen LogP contribution in [0.4, 0.5) is 11.4 Å². The molecule has 0 fully saturated rings. The highest BCUT2D eigenvalue weighted by atomic mass is 16.5. The number of ether oxygens (including phenoxy) is 1. The van der Waals surface area contributed by atoms with Crippen molar-refractivity contribution in [3.05, 3.63) is 66.0 Å². The molecular weight excluding hydrogens is 402 g/mol. The van der Waals surface area contributed by atoms with E-state index in [-0.39, 0.29) is 18.0 Å². The lowest BCUT2D eigenvalue weighted by molar-refractivity contribution is -0.117. The highest BCUT2D eigenvalue weighted by Crippen LogP contribution is 2.41. The molecule has 4 rings (SSSR count). The Kier molecular flexibility index (Phi) is 6.24. The molecule has 1 aromatic heterocycles. The van der Waals surface area contributed by atoms with Crippen molar-refractivity contribution in [2.45, 2.75) is 38.9 Å². The van der Waals surface area contributed by atoms with Crippen molar-refractivity contribution in [1.82, 2.24) is 9.78 Å². The summed E-state index contributed by atoms with van der Waals surface area (Å²) in [4.78, 5) is 14.3. The first-order chi connectivity index (χ1) is 15.5. The quantitative estimate of drug-likeness (QED) is 0.629. The maximum absolute atomic E-state index is 12.4. The van der Waals surface area contributed by atoms with Gasteiger partial charge in [-0.2, -0.15) is 10.4 Å². The number of hydrogen-bond donors (Lipinski definition) is 1. The Morgan fingerprint density at radius 1 is 1.25 bits per heavy atom.